The molecule has 4 rings (SSSR count). The third kappa shape index (κ3) is 3.22. The molecule has 0 unspecified atom stereocenters. The third-order valence-electron chi connectivity index (χ3n) is 5.33. The summed E-state index contributed by atoms with van der Waals surface area (Å²) in [5.74, 6) is 0.752. The van der Waals surface area contributed by atoms with Crippen molar-refractivity contribution in [3.63, 3.8) is 0 Å². The molecule has 6 heteroatoms. The quantitative estimate of drug-likeness (QED) is 0.750. The highest BCUT2D eigenvalue weighted by Crippen LogP contribution is 2.31. The molecule has 3 aromatic rings. The lowest BCUT2D eigenvalue weighted by molar-refractivity contribution is -0.116. The van der Waals surface area contributed by atoms with Crippen LogP contribution in [0.25, 0.3) is 0 Å². The average Bonchev–Trinajstić information content (AvgIpc) is 3.37. The maximum absolute atomic E-state index is 12.9. The van der Waals surface area contributed by atoms with Crippen molar-refractivity contribution in [2.75, 3.05) is 16.8 Å². The van der Waals surface area contributed by atoms with Gasteiger partial charge in [0.25, 0.3) is 5.91 Å². The lowest BCUT2D eigenvalue weighted by Gasteiger charge is -2.15. The molecule has 144 valence electrons. The summed E-state index contributed by atoms with van der Waals surface area (Å²) in [6, 6.07) is 11.4. The van der Waals surface area contributed by atoms with Crippen LogP contribution in [0, 0.1) is 13.8 Å². The summed E-state index contributed by atoms with van der Waals surface area (Å²) >= 11 is 0. The number of rotatable bonds is 4. The van der Waals surface area contributed by atoms with Gasteiger partial charge in [0.2, 0.25) is 5.91 Å². The average molecular weight is 377 g/mol. The number of aryl methyl sites for hydroxylation is 1. The minimum atomic E-state index is -0.139. The molecule has 1 N–H and O–H groups in total. The minimum absolute atomic E-state index is 0.0412. The molecule has 0 bridgehead atoms. The van der Waals surface area contributed by atoms with Gasteiger partial charge in [-0.2, -0.15) is 0 Å². The molecule has 6 nitrogen and oxygen atoms in total. The first-order valence-corrected chi connectivity index (χ1v) is 9.35. The van der Waals surface area contributed by atoms with E-state index in [2.05, 4.69) is 9.88 Å². The molecule has 2 aromatic heterocycles. The highest BCUT2D eigenvalue weighted by atomic mass is 16.3. The third-order valence-corrected chi connectivity index (χ3v) is 5.33. The predicted molar refractivity (Wildman–Crippen MR) is 108 cm³/mol. The molecule has 0 aliphatic carbocycles. The molecular weight excluding hydrogens is 354 g/mol. The molecule has 0 fully saturated rings. The number of aromatic nitrogens is 1. The Balaban J connectivity index is 1.54. The fourth-order valence-electron chi connectivity index (χ4n) is 3.84. The Morgan fingerprint density at radius 3 is 2.71 bits per heavy atom. The second-order valence-corrected chi connectivity index (χ2v) is 7.17. The van der Waals surface area contributed by atoms with Crippen LogP contribution in [0.3, 0.4) is 0 Å². The molecule has 0 saturated heterocycles. The first-order chi connectivity index (χ1) is 13.4. The van der Waals surface area contributed by atoms with E-state index in [1.807, 2.05) is 50.2 Å². The van der Waals surface area contributed by atoms with Crippen LogP contribution in [-0.2, 0) is 17.8 Å². The van der Waals surface area contributed by atoms with E-state index in [4.69, 9.17) is 4.42 Å². The summed E-state index contributed by atoms with van der Waals surface area (Å²) in [4.78, 5) is 26.3. The van der Waals surface area contributed by atoms with E-state index in [1.54, 1.807) is 18.1 Å². The monoisotopic (exact) mass is 377 g/mol. The number of carbonyl (C=O) groups excluding carboxylic acids is 2. The summed E-state index contributed by atoms with van der Waals surface area (Å²) in [7, 11) is 0. The van der Waals surface area contributed by atoms with Gasteiger partial charge in [-0.25, -0.2) is 0 Å². The van der Waals surface area contributed by atoms with E-state index in [9.17, 15) is 9.59 Å². The summed E-state index contributed by atoms with van der Waals surface area (Å²) in [6.07, 6.45) is 2.45. The number of benzene rings is 1. The largest absolute Gasteiger partial charge is 0.467 e. The van der Waals surface area contributed by atoms with E-state index in [1.165, 1.54) is 0 Å². The van der Waals surface area contributed by atoms with Crippen LogP contribution >= 0.6 is 0 Å². The molecule has 0 atom stereocenters. The first-order valence-electron chi connectivity index (χ1n) is 9.35. The van der Waals surface area contributed by atoms with Crippen molar-refractivity contribution in [2.45, 2.75) is 33.7 Å². The fourth-order valence-corrected chi connectivity index (χ4v) is 3.84. The Morgan fingerprint density at radius 2 is 2.00 bits per heavy atom. The van der Waals surface area contributed by atoms with Gasteiger partial charge in [0.15, 0.2) is 0 Å². The lowest BCUT2D eigenvalue weighted by atomic mass is 10.1. The van der Waals surface area contributed by atoms with Crippen molar-refractivity contribution in [3.8, 4) is 0 Å². The van der Waals surface area contributed by atoms with Gasteiger partial charge in [-0.3, -0.25) is 9.59 Å². The number of furan rings is 1. The number of fused-ring (bicyclic) bond motifs is 1. The van der Waals surface area contributed by atoms with Gasteiger partial charge >= 0.3 is 0 Å². The number of carbonyl (C=O) groups is 2. The molecule has 0 spiro atoms. The predicted octanol–water partition coefficient (Wildman–Crippen LogP) is 3.91. The van der Waals surface area contributed by atoms with Gasteiger partial charge in [-0.1, -0.05) is 0 Å². The van der Waals surface area contributed by atoms with Crippen LogP contribution in [-0.4, -0.2) is 22.9 Å². The summed E-state index contributed by atoms with van der Waals surface area (Å²) in [6.45, 7) is 6.79. The molecule has 1 aliphatic heterocycles. The van der Waals surface area contributed by atoms with E-state index >= 15 is 0 Å². The van der Waals surface area contributed by atoms with Gasteiger partial charge in [0.1, 0.15) is 5.76 Å². The zero-order chi connectivity index (χ0) is 19.8. The summed E-state index contributed by atoms with van der Waals surface area (Å²) < 4.78 is 7.50. The number of amides is 2. The molecule has 0 radical (unpaired) electrons. The maximum atomic E-state index is 12.9. The number of hydrogen-bond donors (Lipinski definition) is 1. The van der Waals surface area contributed by atoms with Gasteiger partial charge < -0.3 is 19.2 Å². The van der Waals surface area contributed by atoms with Crippen LogP contribution in [0.4, 0.5) is 11.4 Å². The lowest BCUT2D eigenvalue weighted by Crippen LogP contribution is -2.25. The van der Waals surface area contributed by atoms with Crippen molar-refractivity contribution in [3.05, 3.63) is 70.9 Å². The summed E-state index contributed by atoms with van der Waals surface area (Å²) in [5.41, 5.74) is 5.30. The van der Waals surface area contributed by atoms with Gasteiger partial charge in [0.05, 0.1) is 18.4 Å². The van der Waals surface area contributed by atoms with Crippen LogP contribution in [0.1, 0.15) is 40.0 Å². The van der Waals surface area contributed by atoms with Crippen LogP contribution < -0.4 is 10.2 Å². The first kappa shape index (κ1) is 18.1. The molecule has 2 amide bonds. The zero-order valence-electron chi connectivity index (χ0n) is 16.3. The van der Waals surface area contributed by atoms with Gasteiger partial charge in [-0.15, -0.1) is 0 Å². The Morgan fingerprint density at radius 1 is 1.18 bits per heavy atom. The zero-order valence-corrected chi connectivity index (χ0v) is 16.3. The van der Waals surface area contributed by atoms with Crippen LogP contribution in [0.15, 0.2) is 47.1 Å². The van der Waals surface area contributed by atoms with E-state index in [-0.39, 0.29) is 11.8 Å². The molecule has 0 saturated carbocycles. The molecule has 28 heavy (non-hydrogen) atoms. The Bertz CT molecular complexity index is 1050. The number of anilines is 2. The molecular formula is C22H23N3O3. The second kappa shape index (κ2) is 7.03. The van der Waals surface area contributed by atoms with Crippen molar-refractivity contribution < 1.29 is 14.0 Å². The van der Waals surface area contributed by atoms with E-state index < -0.39 is 0 Å². The molecule has 1 aromatic carbocycles. The summed E-state index contributed by atoms with van der Waals surface area (Å²) in [5, 5.41) is 2.99. The Labute approximate surface area is 163 Å². The normalized spacial score (nSPS) is 12.9. The van der Waals surface area contributed by atoms with Crippen molar-refractivity contribution in [2.24, 2.45) is 0 Å². The highest BCUT2D eigenvalue weighted by Gasteiger charge is 2.23. The fraction of sp³-hybridized carbons (Fsp3) is 0.273. The van der Waals surface area contributed by atoms with E-state index in [0.29, 0.717) is 18.7 Å². The maximum Gasteiger partial charge on any atom is 0.257 e. The standard InChI is InChI=1S/C22H23N3O3/c1-14-11-20(15(2)25(14)13-19-5-4-10-28-19)22(27)23-18-6-7-21-17(12-18)8-9-24(21)16(3)26/h4-7,10-12H,8-9,13H2,1-3H3,(H,23,27). The number of hydrogen-bond acceptors (Lipinski definition) is 3. The molecule has 1 aliphatic rings. The number of nitrogens with one attached hydrogen (secondary N) is 1. The Kier molecular flexibility index (Phi) is 4.55. The van der Waals surface area contributed by atoms with Gasteiger partial charge in [-0.05, 0) is 62.2 Å². The highest BCUT2D eigenvalue weighted by molar-refractivity contribution is 6.05. The van der Waals surface area contributed by atoms with Crippen molar-refractivity contribution >= 4 is 23.2 Å². The second-order valence-electron chi connectivity index (χ2n) is 7.17. The topological polar surface area (TPSA) is 67.5 Å². The van der Waals surface area contributed by atoms with Crippen LogP contribution in [0.5, 0.6) is 0 Å². The van der Waals surface area contributed by atoms with Gasteiger partial charge in [0, 0.05) is 36.2 Å². The van der Waals surface area contributed by atoms with Crippen LogP contribution in [0.2, 0.25) is 0 Å². The van der Waals surface area contributed by atoms with Crippen molar-refractivity contribution in [1.82, 2.24) is 4.57 Å². The SMILES string of the molecule is CC(=O)N1CCc2cc(NC(=O)c3cc(C)n(Cc4ccco4)c3C)ccc21. The van der Waals surface area contributed by atoms with E-state index in [0.717, 1.165) is 40.5 Å². The molecule has 3 heterocycles. The van der Waals surface area contributed by atoms with Crippen molar-refractivity contribution in [1.29, 1.82) is 0 Å². The number of nitrogens with zero attached hydrogens (tertiary/aromatic N) is 2. The smallest absolute Gasteiger partial charge is 0.257 e. The Hall–Kier alpha value is -3.28. The minimum Gasteiger partial charge on any atom is -0.467 e.